The Morgan fingerprint density at radius 1 is 1.24 bits per heavy atom. The summed E-state index contributed by atoms with van der Waals surface area (Å²) in [5.74, 6) is 0.443. The van der Waals surface area contributed by atoms with Gasteiger partial charge >= 0.3 is 11.9 Å². The van der Waals surface area contributed by atoms with E-state index in [4.69, 9.17) is 4.74 Å². The second-order valence-electron chi connectivity index (χ2n) is 7.34. The van der Waals surface area contributed by atoms with Gasteiger partial charge in [-0.2, -0.15) is 11.8 Å². The number of nitrogens with one attached hydrogen (secondary N) is 1. The molecule has 0 aliphatic carbocycles. The molecule has 1 fully saturated rings. The zero-order valence-electron chi connectivity index (χ0n) is 16.1. The number of para-hydroxylation sites is 2. The number of nitrogens with zero attached hydrogens (tertiary/aromatic N) is 1. The Balaban J connectivity index is 1.71. The summed E-state index contributed by atoms with van der Waals surface area (Å²) in [5.41, 5.74) is 0.371. The normalized spacial score (nSPS) is 21.0. The van der Waals surface area contributed by atoms with Gasteiger partial charge in [0.05, 0.1) is 5.69 Å². The molecule has 0 radical (unpaired) electrons. The van der Waals surface area contributed by atoms with Crippen molar-refractivity contribution in [3.05, 3.63) is 24.3 Å². The first-order valence-corrected chi connectivity index (χ1v) is 10.9. The number of anilines is 1. The van der Waals surface area contributed by atoms with E-state index in [9.17, 15) is 24.6 Å². The van der Waals surface area contributed by atoms with E-state index in [0.29, 0.717) is 23.8 Å². The highest BCUT2D eigenvalue weighted by Crippen LogP contribution is 2.31. The lowest BCUT2D eigenvalue weighted by molar-refractivity contribution is -0.141. The average Bonchev–Trinajstić information content (AvgIpc) is 2.83. The molecule has 1 aromatic carbocycles. The predicted molar refractivity (Wildman–Crippen MR) is 110 cm³/mol. The molecular weight excluding hydrogens is 396 g/mol. The molecule has 1 aromatic rings. The van der Waals surface area contributed by atoms with Gasteiger partial charge in [-0.25, -0.2) is 0 Å². The van der Waals surface area contributed by atoms with E-state index in [2.05, 4.69) is 5.32 Å². The van der Waals surface area contributed by atoms with E-state index >= 15 is 0 Å². The maximum atomic E-state index is 13.0. The second kappa shape index (κ2) is 9.98. The van der Waals surface area contributed by atoms with Crippen LogP contribution in [-0.4, -0.2) is 64.8 Å². The summed E-state index contributed by atoms with van der Waals surface area (Å²) in [7, 11) is 0. The molecule has 2 aliphatic heterocycles. The number of amides is 1. The van der Waals surface area contributed by atoms with Gasteiger partial charge in [-0.15, -0.1) is 0 Å². The molecule has 0 saturated carbocycles. The van der Waals surface area contributed by atoms with Crippen molar-refractivity contribution in [2.24, 2.45) is 5.92 Å². The van der Waals surface area contributed by atoms with E-state index in [1.807, 2.05) is 11.8 Å². The van der Waals surface area contributed by atoms with Gasteiger partial charge in [-0.1, -0.05) is 12.1 Å². The van der Waals surface area contributed by atoms with Gasteiger partial charge in [0, 0.05) is 0 Å². The maximum Gasteiger partial charge on any atom is 0.323 e. The predicted octanol–water partition coefficient (Wildman–Crippen LogP) is 1.83. The van der Waals surface area contributed by atoms with E-state index in [0.717, 1.165) is 35.7 Å². The summed E-state index contributed by atoms with van der Waals surface area (Å²) < 4.78 is 5.70. The number of fused-ring (bicyclic) bond motifs is 1. The Hall–Kier alpha value is -2.26. The third-order valence-electron chi connectivity index (χ3n) is 5.32. The summed E-state index contributed by atoms with van der Waals surface area (Å²) in [5, 5.41) is 21.8. The number of benzene rings is 1. The lowest BCUT2D eigenvalue weighted by Gasteiger charge is -2.27. The molecule has 0 spiro atoms. The number of ether oxygens (including phenoxy) is 1. The van der Waals surface area contributed by atoms with E-state index in [1.54, 1.807) is 24.3 Å². The molecule has 29 heavy (non-hydrogen) atoms. The molecule has 2 atom stereocenters. The Bertz CT molecular complexity index is 752. The molecule has 2 heterocycles. The number of hydrogen-bond acceptors (Lipinski definition) is 6. The quantitative estimate of drug-likeness (QED) is 0.581. The zero-order chi connectivity index (χ0) is 20.8. The van der Waals surface area contributed by atoms with Gasteiger partial charge in [-0.05, 0) is 55.2 Å². The minimum atomic E-state index is -1.15. The molecule has 3 N–H and O–H groups in total. The van der Waals surface area contributed by atoms with Crippen LogP contribution < -0.4 is 15.0 Å². The molecular formula is C20H26N2O6S. The van der Waals surface area contributed by atoms with Gasteiger partial charge in [0.2, 0.25) is 5.91 Å². The Morgan fingerprint density at radius 2 is 1.97 bits per heavy atom. The lowest BCUT2D eigenvalue weighted by atomic mass is 9.94. The minimum Gasteiger partial charge on any atom is -0.489 e. The number of aliphatic carboxylic acids is 2. The molecule has 0 aromatic heterocycles. The van der Waals surface area contributed by atoms with E-state index in [1.165, 1.54) is 0 Å². The van der Waals surface area contributed by atoms with Crippen LogP contribution >= 0.6 is 11.8 Å². The third-order valence-corrected chi connectivity index (χ3v) is 6.37. The fourth-order valence-corrected chi connectivity index (χ4v) is 4.93. The summed E-state index contributed by atoms with van der Waals surface area (Å²) in [6.45, 7) is -0.579. The highest BCUT2D eigenvalue weighted by molar-refractivity contribution is 7.99. The van der Waals surface area contributed by atoms with Crippen LogP contribution in [0.4, 0.5) is 5.69 Å². The monoisotopic (exact) mass is 422 g/mol. The first kappa shape index (κ1) is 21.4. The Kier molecular flexibility index (Phi) is 7.38. The largest absolute Gasteiger partial charge is 0.489 e. The van der Waals surface area contributed by atoms with Gasteiger partial charge in [0.25, 0.3) is 0 Å². The van der Waals surface area contributed by atoms with Crippen LogP contribution in [0.5, 0.6) is 5.75 Å². The van der Waals surface area contributed by atoms with Crippen LogP contribution in [0.3, 0.4) is 0 Å². The smallest absolute Gasteiger partial charge is 0.323 e. The first-order valence-electron chi connectivity index (χ1n) is 9.77. The highest BCUT2D eigenvalue weighted by Gasteiger charge is 2.35. The van der Waals surface area contributed by atoms with Crippen LogP contribution in [0, 0.1) is 5.92 Å². The minimum absolute atomic E-state index is 0.0597. The van der Waals surface area contributed by atoms with Crippen molar-refractivity contribution in [1.29, 1.82) is 0 Å². The number of thioether (sulfide) groups is 1. The van der Waals surface area contributed by atoms with Crippen LogP contribution in [0.25, 0.3) is 0 Å². The van der Waals surface area contributed by atoms with Crippen LogP contribution in [0.15, 0.2) is 24.3 Å². The van der Waals surface area contributed by atoms with Crippen molar-refractivity contribution in [2.45, 2.75) is 37.8 Å². The number of carboxylic acids is 2. The van der Waals surface area contributed by atoms with Crippen molar-refractivity contribution in [3.63, 3.8) is 0 Å². The van der Waals surface area contributed by atoms with E-state index < -0.39 is 36.5 Å². The van der Waals surface area contributed by atoms with Gasteiger partial charge in [-0.3, -0.25) is 24.6 Å². The first-order chi connectivity index (χ1) is 14.0. The van der Waals surface area contributed by atoms with Crippen molar-refractivity contribution in [1.82, 2.24) is 5.32 Å². The number of carbonyl (C=O) groups excluding carboxylic acids is 1. The van der Waals surface area contributed by atoms with Gasteiger partial charge in [0.1, 0.15) is 31.0 Å². The van der Waals surface area contributed by atoms with Crippen molar-refractivity contribution in [3.8, 4) is 5.75 Å². The Morgan fingerprint density at radius 3 is 2.66 bits per heavy atom. The topological polar surface area (TPSA) is 116 Å². The molecule has 9 heteroatoms. The SMILES string of the molecule is O=C(O)CN1C(=O)[C@@H](N[C@@H](CCC2CCSCC2)C(=O)O)COc2ccccc21. The van der Waals surface area contributed by atoms with Crippen LogP contribution in [0.1, 0.15) is 25.7 Å². The molecule has 8 nitrogen and oxygen atoms in total. The third kappa shape index (κ3) is 5.63. The van der Waals surface area contributed by atoms with Crippen molar-refractivity contribution < 1.29 is 29.3 Å². The number of carboxylic acid groups (broad SMARTS) is 2. The van der Waals surface area contributed by atoms with Crippen LogP contribution in [0.2, 0.25) is 0 Å². The summed E-state index contributed by atoms with van der Waals surface area (Å²) in [4.78, 5) is 37.3. The number of hydrogen-bond donors (Lipinski definition) is 3. The fourth-order valence-electron chi connectivity index (χ4n) is 3.73. The zero-order valence-corrected chi connectivity index (χ0v) is 16.9. The molecule has 2 aliphatic rings. The number of carbonyl (C=O) groups is 3. The fraction of sp³-hybridized carbons (Fsp3) is 0.550. The lowest BCUT2D eigenvalue weighted by Crippen LogP contribution is -2.54. The molecule has 0 unspecified atom stereocenters. The Labute approximate surface area is 173 Å². The van der Waals surface area contributed by atoms with Crippen molar-refractivity contribution >= 4 is 35.3 Å². The molecule has 1 saturated heterocycles. The van der Waals surface area contributed by atoms with Gasteiger partial charge < -0.3 is 14.9 Å². The molecule has 0 bridgehead atoms. The molecule has 1 amide bonds. The summed E-state index contributed by atoms with van der Waals surface area (Å²) >= 11 is 1.92. The highest BCUT2D eigenvalue weighted by atomic mass is 32.2. The second-order valence-corrected chi connectivity index (χ2v) is 8.56. The summed E-state index contributed by atoms with van der Waals surface area (Å²) in [6, 6.07) is 4.88. The standard InChI is InChI=1S/C20H26N2O6S/c23-18(24)11-22-16-3-1-2-4-17(16)28-12-15(19(22)25)21-14(20(26)27)6-5-13-7-9-29-10-8-13/h1-4,13-15,21H,5-12H2,(H,23,24)(H,26,27)/t14-,15-/m0/s1. The van der Waals surface area contributed by atoms with Crippen LogP contribution in [-0.2, 0) is 14.4 Å². The van der Waals surface area contributed by atoms with Crippen molar-refractivity contribution in [2.75, 3.05) is 29.6 Å². The average molecular weight is 423 g/mol. The van der Waals surface area contributed by atoms with Gasteiger partial charge in [0.15, 0.2) is 0 Å². The molecule has 3 rings (SSSR count). The number of rotatable bonds is 8. The molecule has 158 valence electrons. The van der Waals surface area contributed by atoms with E-state index in [-0.39, 0.29) is 6.61 Å². The summed E-state index contributed by atoms with van der Waals surface area (Å²) in [6.07, 6.45) is 3.38. The maximum absolute atomic E-state index is 13.0.